The van der Waals surface area contributed by atoms with Crippen LogP contribution in [0.15, 0.2) is 53.4 Å². The van der Waals surface area contributed by atoms with E-state index in [9.17, 15) is 26.4 Å². The highest BCUT2D eigenvalue weighted by Crippen LogP contribution is 2.38. The quantitative estimate of drug-likeness (QED) is 0.657. The van der Waals surface area contributed by atoms with Crippen molar-refractivity contribution in [2.75, 3.05) is 23.9 Å². The molecule has 1 aliphatic heterocycles. The summed E-state index contributed by atoms with van der Waals surface area (Å²) in [7, 11) is -4.29. The number of sulfonamides is 1. The van der Waals surface area contributed by atoms with Crippen molar-refractivity contribution >= 4 is 33.2 Å². The number of hydrogen-bond acceptors (Lipinski definition) is 3. The van der Waals surface area contributed by atoms with Crippen molar-refractivity contribution in [3.8, 4) is 0 Å². The smallest absolute Gasteiger partial charge is 0.341 e. The summed E-state index contributed by atoms with van der Waals surface area (Å²) >= 11 is 5.68. The van der Waals surface area contributed by atoms with E-state index in [-0.39, 0.29) is 10.6 Å². The summed E-state index contributed by atoms with van der Waals surface area (Å²) in [4.78, 5) is 14.2. The van der Waals surface area contributed by atoms with Crippen molar-refractivity contribution < 1.29 is 26.4 Å². The molecule has 2 aromatic rings. The standard InChI is InChI=1S/C20H20ClF3N2O3S/c21-18-10-9-15(13-17(18)20(22,23)24)26(14-19(27)25-11-5-2-6-12-25)30(28,29)16-7-3-1-4-8-16/h1,3-4,7-10,13H,2,5-6,11-12,14H2. The Labute approximate surface area is 178 Å². The molecule has 0 N–H and O–H groups in total. The molecule has 0 saturated carbocycles. The third-order valence-corrected chi connectivity index (χ3v) is 6.98. The molecule has 1 saturated heterocycles. The van der Waals surface area contributed by atoms with Gasteiger partial charge in [-0.05, 0) is 49.6 Å². The zero-order valence-corrected chi connectivity index (χ0v) is 17.5. The van der Waals surface area contributed by atoms with Gasteiger partial charge in [-0.15, -0.1) is 0 Å². The average molecular weight is 461 g/mol. The van der Waals surface area contributed by atoms with Crippen molar-refractivity contribution in [2.24, 2.45) is 0 Å². The molecule has 0 radical (unpaired) electrons. The van der Waals surface area contributed by atoms with E-state index < -0.39 is 39.2 Å². The summed E-state index contributed by atoms with van der Waals surface area (Å²) in [5, 5.41) is -0.550. The summed E-state index contributed by atoms with van der Waals surface area (Å²) in [6.07, 6.45) is -2.19. The van der Waals surface area contributed by atoms with Crippen LogP contribution < -0.4 is 4.31 Å². The molecule has 10 heteroatoms. The molecule has 1 amide bonds. The Balaban J connectivity index is 2.05. The highest BCUT2D eigenvalue weighted by Gasteiger charge is 2.36. The summed E-state index contributed by atoms with van der Waals surface area (Å²) in [5.41, 5.74) is -1.44. The number of hydrogen-bond donors (Lipinski definition) is 0. The van der Waals surface area contributed by atoms with Gasteiger partial charge < -0.3 is 4.90 Å². The van der Waals surface area contributed by atoms with Gasteiger partial charge in [0, 0.05) is 13.1 Å². The molecule has 0 unspecified atom stereocenters. The lowest BCUT2D eigenvalue weighted by molar-refractivity contribution is -0.137. The van der Waals surface area contributed by atoms with Crippen LogP contribution in [0.5, 0.6) is 0 Å². The van der Waals surface area contributed by atoms with Crippen molar-refractivity contribution in [1.29, 1.82) is 0 Å². The number of benzene rings is 2. The van der Waals surface area contributed by atoms with Gasteiger partial charge in [0.25, 0.3) is 10.0 Å². The zero-order chi connectivity index (χ0) is 21.9. The van der Waals surface area contributed by atoms with E-state index in [4.69, 9.17) is 11.6 Å². The Kier molecular flexibility index (Phi) is 6.62. The molecule has 0 bridgehead atoms. The molecule has 0 aliphatic carbocycles. The second-order valence-corrected chi connectivity index (χ2v) is 9.20. The lowest BCUT2D eigenvalue weighted by atomic mass is 10.1. The SMILES string of the molecule is O=C(CN(c1ccc(Cl)c(C(F)(F)F)c1)S(=O)(=O)c1ccccc1)N1CCCCC1. The largest absolute Gasteiger partial charge is 0.417 e. The molecule has 3 rings (SSSR count). The molecule has 0 aromatic heterocycles. The molecule has 2 aromatic carbocycles. The van der Waals surface area contributed by atoms with Gasteiger partial charge in [0.05, 0.1) is 21.2 Å². The maximum Gasteiger partial charge on any atom is 0.417 e. The third kappa shape index (κ3) is 4.89. The predicted molar refractivity (Wildman–Crippen MR) is 108 cm³/mol. The van der Waals surface area contributed by atoms with Gasteiger partial charge in [-0.2, -0.15) is 13.2 Å². The van der Waals surface area contributed by atoms with Crippen LogP contribution >= 0.6 is 11.6 Å². The van der Waals surface area contributed by atoms with Gasteiger partial charge in [-0.1, -0.05) is 29.8 Å². The van der Waals surface area contributed by atoms with Gasteiger partial charge >= 0.3 is 6.18 Å². The fraction of sp³-hybridized carbons (Fsp3) is 0.350. The lowest BCUT2D eigenvalue weighted by Crippen LogP contribution is -2.44. The Bertz CT molecular complexity index is 1010. The monoisotopic (exact) mass is 460 g/mol. The highest BCUT2D eigenvalue weighted by molar-refractivity contribution is 7.92. The fourth-order valence-electron chi connectivity index (χ4n) is 3.29. The number of carbonyl (C=O) groups is 1. The molecule has 1 fully saturated rings. The van der Waals surface area contributed by atoms with Crippen LogP contribution in [0.4, 0.5) is 18.9 Å². The summed E-state index contributed by atoms with van der Waals surface area (Å²) in [6, 6.07) is 10.1. The summed E-state index contributed by atoms with van der Waals surface area (Å²) in [6.45, 7) is 0.384. The van der Waals surface area contributed by atoms with E-state index in [2.05, 4.69) is 0 Å². The molecule has 0 atom stereocenters. The third-order valence-electron chi connectivity index (χ3n) is 4.86. The van der Waals surface area contributed by atoms with Gasteiger partial charge in [0.15, 0.2) is 0 Å². The molecule has 162 valence electrons. The first-order valence-electron chi connectivity index (χ1n) is 9.33. The summed E-state index contributed by atoms with van der Waals surface area (Å²) in [5.74, 6) is -0.460. The Morgan fingerprint density at radius 3 is 2.27 bits per heavy atom. The normalized spacial score (nSPS) is 15.1. The van der Waals surface area contributed by atoms with Crippen molar-refractivity contribution in [3.05, 3.63) is 59.1 Å². The van der Waals surface area contributed by atoms with Gasteiger partial charge in [-0.25, -0.2) is 8.42 Å². The number of rotatable bonds is 5. The number of anilines is 1. The Morgan fingerprint density at radius 1 is 1.03 bits per heavy atom. The average Bonchev–Trinajstić information content (AvgIpc) is 2.72. The van der Waals surface area contributed by atoms with E-state index in [1.54, 1.807) is 6.07 Å². The number of amides is 1. The number of piperidine rings is 1. The molecule has 5 nitrogen and oxygen atoms in total. The van der Waals surface area contributed by atoms with Crippen LogP contribution in [-0.2, 0) is 21.0 Å². The maximum absolute atomic E-state index is 13.3. The van der Waals surface area contributed by atoms with Crippen molar-refractivity contribution in [1.82, 2.24) is 4.90 Å². The van der Waals surface area contributed by atoms with E-state index in [1.165, 1.54) is 35.2 Å². The first-order chi connectivity index (χ1) is 14.1. The number of likely N-dealkylation sites (tertiary alicyclic amines) is 1. The first kappa shape index (κ1) is 22.4. The Morgan fingerprint density at radius 2 is 1.67 bits per heavy atom. The van der Waals surface area contributed by atoms with Crippen LogP contribution in [0, 0.1) is 0 Å². The number of nitrogens with zero attached hydrogens (tertiary/aromatic N) is 2. The lowest BCUT2D eigenvalue weighted by Gasteiger charge is -2.31. The molecule has 1 heterocycles. The predicted octanol–water partition coefficient (Wildman–Crippen LogP) is 4.57. The van der Waals surface area contributed by atoms with E-state index in [0.717, 1.165) is 25.3 Å². The Hall–Kier alpha value is -2.26. The summed E-state index contributed by atoms with van der Waals surface area (Å²) < 4.78 is 67.2. The fourth-order valence-corrected chi connectivity index (χ4v) is 4.94. The van der Waals surface area contributed by atoms with Crippen LogP contribution in [0.2, 0.25) is 5.02 Å². The van der Waals surface area contributed by atoms with E-state index >= 15 is 0 Å². The van der Waals surface area contributed by atoms with Crippen LogP contribution in [0.3, 0.4) is 0 Å². The molecule has 0 spiro atoms. The molecular weight excluding hydrogens is 441 g/mol. The topological polar surface area (TPSA) is 57.7 Å². The molecule has 1 aliphatic rings. The second-order valence-electron chi connectivity index (χ2n) is 6.93. The zero-order valence-electron chi connectivity index (χ0n) is 15.9. The molecule has 30 heavy (non-hydrogen) atoms. The minimum atomic E-state index is -4.77. The van der Waals surface area contributed by atoms with Gasteiger partial charge in [0.2, 0.25) is 5.91 Å². The first-order valence-corrected chi connectivity index (χ1v) is 11.1. The van der Waals surface area contributed by atoms with Crippen molar-refractivity contribution in [2.45, 2.75) is 30.3 Å². The highest BCUT2D eigenvalue weighted by atomic mass is 35.5. The maximum atomic E-state index is 13.3. The number of carbonyl (C=O) groups excluding carboxylic acids is 1. The van der Waals surface area contributed by atoms with E-state index in [1.807, 2.05) is 0 Å². The van der Waals surface area contributed by atoms with Crippen LogP contribution in [0.1, 0.15) is 24.8 Å². The van der Waals surface area contributed by atoms with Gasteiger partial charge in [0.1, 0.15) is 6.54 Å². The van der Waals surface area contributed by atoms with Crippen molar-refractivity contribution in [3.63, 3.8) is 0 Å². The number of halogens is 4. The minimum Gasteiger partial charge on any atom is -0.341 e. The minimum absolute atomic E-state index is 0.125. The van der Waals surface area contributed by atoms with Gasteiger partial charge in [-0.3, -0.25) is 9.10 Å². The van der Waals surface area contributed by atoms with E-state index in [0.29, 0.717) is 23.5 Å². The van der Waals surface area contributed by atoms with Crippen LogP contribution in [0.25, 0.3) is 0 Å². The van der Waals surface area contributed by atoms with Crippen LogP contribution in [-0.4, -0.2) is 38.9 Å². The number of alkyl halides is 3. The molecular formula is C20H20ClF3N2O3S. The second kappa shape index (κ2) is 8.85.